The van der Waals surface area contributed by atoms with Crippen molar-refractivity contribution >= 4 is 27.5 Å². The third-order valence-corrected chi connectivity index (χ3v) is 5.98. The number of hydrogen-bond donors (Lipinski definition) is 0. The molecule has 0 bridgehead atoms. The fraction of sp³-hybridized carbons (Fsp3) is 0.391. The van der Waals surface area contributed by atoms with E-state index in [2.05, 4.69) is 41.6 Å². The predicted molar refractivity (Wildman–Crippen MR) is 114 cm³/mol. The average Bonchev–Trinajstić information content (AvgIpc) is 3.03. The summed E-state index contributed by atoms with van der Waals surface area (Å²) in [6.45, 7) is 6.49. The molecule has 2 aromatic carbocycles. The van der Waals surface area contributed by atoms with Gasteiger partial charge in [-0.2, -0.15) is 4.99 Å². The standard InChI is InChI=1S/C23H28N2OS/c1-4-5-6-7-10-18(3)25-20-11-8-9-12-21(20)27-23(25)24-22(26)19-15-13-17(2)14-16-19/h8-9,11-16,18H,4-7,10H2,1-3H3. The molecule has 0 saturated carbocycles. The predicted octanol–water partition coefficient (Wildman–Crippen LogP) is 6.28. The quantitative estimate of drug-likeness (QED) is 0.444. The van der Waals surface area contributed by atoms with Crippen LogP contribution in [-0.2, 0) is 0 Å². The molecule has 0 saturated heterocycles. The number of aryl methyl sites for hydroxylation is 1. The summed E-state index contributed by atoms with van der Waals surface area (Å²) in [5.74, 6) is -0.173. The number of thiazole rings is 1. The van der Waals surface area contributed by atoms with Gasteiger partial charge in [0.05, 0.1) is 10.2 Å². The Kier molecular flexibility index (Phi) is 6.62. The monoisotopic (exact) mass is 380 g/mol. The van der Waals surface area contributed by atoms with Gasteiger partial charge in [0, 0.05) is 11.6 Å². The SMILES string of the molecule is CCCCCCC(C)n1c(=NC(=O)c2ccc(C)cc2)sc2ccccc21. The van der Waals surface area contributed by atoms with Crippen LogP contribution in [0.2, 0.25) is 0 Å². The Labute approximate surface area is 165 Å². The van der Waals surface area contributed by atoms with Crippen LogP contribution in [-0.4, -0.2) is 10.5 Å². The van der Waals surface area contributed by atoms with Crippen LogP contribution in [0.1, 0.15) is 67.9 Å². The van der Waals surface area contributed by atoms with Gasteiger partial charge in [0.15, 0.2) is 4.80 Å². The Morgan fingerprint density at radius 1 is 1.07 bits per heavy atom. The lowest BCUT2D eigenvalue weighted by molar-refractivity contribution is 0.0997. The van der Waals surface area contributed by atoms with Crippen LogP contribution in [0, 0.1) is 6.92 Å². The molecule has 1 amide bonds. The molecule has 3 nitrogen and oxygen atoms in total. The summed E-state index contributed by atoms with van der Waals surface area (Å²) >= 11 is 1.60. The Morgan fingerprint density at radius 3 is 2.56 bits per heavy atom. The van der Waals surface area contributed by atoms with Crippen molar-refractivity contribution in [3.63, 3.8) is 0 Å². The third-order valence-electron chi connectivity index (χ3n) is 4.94. The maximum Gasteiger partial charge on any atom is 0.279 e. The molecule has 1 atom stereocenters. The van der Waals surface area contributed by atoms with E-state index in [1.54, 1.807) is 11.3 Å². The number of nitrogens with zero attached hydrogens (tertiary/aromatic N) is 2. The fourth-order valence-electron chi connectivity index (χ4n) is 3.34. The second kappa shape index (κ2) is 9.14. The molecule has 0 aliphatic heterocycles. The number of fused-ring (bicyclic) bond motifs is 1. The van der Waals surface area contributed by atoms with Gasteiger partial charge in [-0.05, 0) is 44.5 Å². The summed E-state index contributed by atoms with van der Waals surface area (Å²) in [5.41, 5.74) is 2.95. The van der Waals surface area contributed by atoms with Crippen molar-refractivity contribution in [1.82, 2.24) is 4.57 Å². The molecular weight excluding hydrogens is 352 g/mol. The van der Waals surface area contributed by atoms with E-state index in [-0.39, 0.29) is 5.91 Å². The van der Waals surface area contributed by atoms with Crippen molar-refractivity contribution in [2.45, 2.75) is 58.9 Å². The van der Waals surface area contributed by atoms with Gasteiger partial charge in [-0.3, -0.25) is 4.79 Å². The average molecular weight is 381 g/mol. The number of para-hydroxylation sites is 1. The van der Waals surface area contributed by atoms with Gasteiger partial charge in [-0.25, -0.2) is 0 Å². The van der Waals surface area contributed by atoms with Gasteiger partial charge in [0.1, 0.15) is 0 Å². The van der Waals surface area contributed by atoms with Crippen LogP contribution in [0.25, 0.3) is 10.2 Å². The maximum atomic E-state index is 12.7. The number of amides is 1. The highest BCUT2D eigenvalue weighted by molar-refractivity contribution is 7.16. The maximum absolute atomic E-state index is 12.7. The number of carbonyl (C=O) groups is 1. The van der Waals surface area contributed by atoms with Crippen molar-refractivity contribution in [3.05, 3.63) is 64.5 Å². The molecule has 0 spiro atoms. The lowest BCUT2D eigenvalue weighted by Crippen LogP contribution is -2.20. The fourth-order valence-corrected chi connectivity index (χ4v) is 4.46. The summed E-state index contributed by atoms with van der Waals surface area (Å²) in [6.07, 6.45) is 6.10. The lowest BCUT2D eigenvalue weighted by Gasteiger charge is -2.15. The number of unbranched alkanes of at least 4 members (excludes halogenated alkanes) is 3. The Bertz CT molecular complexity index is 966. The number of aromatic nitrogens is 1. The van der Waals surface area contributed by atoms with Crippen LogP contribution in [0.15, 0.2) is 53.5 Å². The minimum atomic E-state index is -0.173. The van der Waals surface area contributed by atoms with E-state index in [4.69, 9.17) is 0 Å². The minimum absolute atomic E-state index is 0.173. The summed E-state index contributed by atoms with van der Waals surface area (Å²) in [6, 6.07) is 16.3. The third kappa shape index (κ3) is 4.75. The second-order valence-corrected chi connectivity index (χ2v) is 8.21. The second-order valence-electron chi connectivity index (χ2n) is 7.20. The van der Waals surface area contributed by atoms with E-state index >= 15 is 0 Å². The van der Waals surface area contributed by atoms with Gasteiger partial charge in [0.25, 0.3) is 5.91 Å². The summed E-state index contributed by atoms with van der Waals surface area (Å²) in [4.78, 5) is 18.0. The smallest absolute Gasteiger partial charge is 0.279 e. The highest BCUT2D eigenvalue weighted by Crippen LogP contribution is 2.23. The Balaban J connectivity index is 1.96. The minimum Gasteiger partial charge on any atom is -0.314 e. The normalized spacial score (nSPS) is 13.2. The zero-order chi connectivity index (χ0) is 19.2. The van der Waals surface area contributed by atoms with E-state index in [1.165, 1.54) is 35.9 Å². The lowest BCUT2D eigenvalue weighted by atomic mass is 10.1. The molecular formula is C23H28N2OS. The van der Waals surface area contributed by atoms with Crippen molar-refractivity contribution in [1.29, 1.82) is 0 Å². The highest BCUT2D eigenvalue weighted by Gasteiger charge is 2.13. The number of hydrogen-bond acceptors (Lipinski definition) is 2. The first kappa shape index (κ1) is 19.6. The van der Waals surface area contributed by atoms with E-state index in [9.17, 15) is 4.79 Å². The molecule has 3 rings (SSSR count). The van der Waals surface area contributed by atoms with Crippen molar-refractivity contribution in [3.8, 4) is 0 Å². The Morgan fingerprint density at radius 2 is 1.81 bits per heavy atom. The number of carbonyl (C=O) groups excluding carboxylic acids is 1. The first-order valence-electron chi connectivity index (χ1n) is 9.86. The Hall–Kier alpha value is -2.20. The largest absolute Gasteiger partial charge is 0.314 e. The van der Waals surface area contributed by atoms with Crippen molar-refractivity contribution in [2.75, 3.05) is 0 Å². The van der Waals surface area contributed by atoms with Gasteiger partial charge < -0.3 is 4.57 Å². The van der Waals surface area contributed by atoms with Gasteiger partial charge in [-0.15, -0.1) is 0 Å². The summed E-state index contributed by atoms with van der Waals surface area (Å²) in [7, 11) is 0. The van der Waals surface area contributed by atoms with Crippen molar-refractivity contribution in [2.24, 2.45) is 4.99 Å². The zero-order valence-corrected chi connectivity index (χ0v) is 17.3. The highest BCUT2D eigenvalue weighted by atomic mass is 32.1. The van der Waals surface area contributed by atoms with Gasteiger partial charge in [-0.1, -0.05) is 73.8 Å². The van der Waals surface area contributed by atoms with Crippen LogP contribution in [0.5, 0.6) is 0 Å². The first-order valence-corrected chi connectivity index (χ1v) is 10.7. The van der Waals surface area contributed by atoms with E-state index in [0.717, 1.165) is 16.8 Å². The molecule has 0 fully saturated rings. The molecule has 27 heavy (non-hydrogen) atoms. The van der Waals surface area contributed by atoms with E-state index in [0.29, 0.717) is 11.6 Å². The first-order chi connectivity index (χ1) is 13.1. The van der Waals surface area contributed by atoms with Crippen LogP contribution in [0.3, 0.4) is 0 Å². The van der Waals surface area contributed by atoms with Crippen molar-refractivity contribution < 1.29 is 4.79 Å². The van der Waals surface area contributed by atoms with E-state index < -0.39 is 0 Å². The molecule has 3 aromatic rings. The van der Waals surface area contributed by atoms with Crippen LogP contribution < -0.4 is 4.80 Å². The molecule has 0 aliphatic rings. The molecule has 0 aliphatic carbocycles. The van der Waals surface area contributed by atoms with Gasteiger partial charge in [0.2, 0.25) is 0 Å². The van der Waals surface area contributed by atoms with E-state index in [1.807, 2.05) is 37.3 Å². The molecule has 142 valence electrons. The zero-order valence-electron chi connectivity index (χ0n) is 16.4. The molecule has 0 radical (unpaired) electrons. The summed E-state index contributed by atoms with van der Waals surface area (Å²) < 4.78 is 3.42. The molecule has 0 N–H and O–H groups in total. The van der Waals surface area contributed by atoms with Crippen LogP contribution >= 0.6 is 11.3 Å². The molecule has 1 aromatic heterocycles. The molecule has 1 unspecified atom stereocenters. The van der Waals surface area contributed by atoms with Crippen LogP contribution in [0.4, 0.5) is 0 Å². The van der Waals surface area contributed by atoms with Gasteiger partial charge >= 0.3 is 0 Å². The topological polar surface area (TPSA) is 34.4 Å². The molecule has 1 heterocycles. The summed E-state index contributed by atoms with van der Waals surface area (Å²) in [5, 5.41) is 0. The number of benzene rings is 2. The number of rotatable bonds is 7. The molecule has 4 heteroatoms.